The van der Waals surface area contributed by atoms with E-state index in [2.05, 4.69) is 17.0 Å². The van der Waals surface area contributed by atoms with Gasteiger partial charge in [0.1, 0.15) is 17.4 Å². The van der Waals surface area contributed by atoms with E-state index >= 15 is 0 Å². The third-order valence-corrected chi connectivity index (χ3v) is 5.73. The Hall–Kier alpha value is -3.24. The number of nitrogens with one attached hydrogen (secondary N) is 1. The van der Waals surface area contributed by atoms with Crippen molar-refractivity contribution in [2.45, 2.75) is 84.4 Å². The zero-order valence-electron chi connectivity index (χ0n) is 20.8. The highest BCUT2D eigenvalue weighted by molar-refractivity contribution is 5.63. The third-order valence-electron chi connectivity index (χ3n) is 5.73. The highest BCUT2D eigenvalue weighted by Crippen LogP contribution is 2.43. The highest BCUT2D eigenvalue weighted by Gasteiger charge is 2.43. The number of rotatable bonds is 13. The standard InChI is InChI=1S/C25H33F3N2O6/c1-4-5-6-7-8-9-10-13-16-34-24(31)35-23-18(3)29-17(2)22(30(32)33)21(23)19-14-11-12-15-20(19)36-25(26,27)28/h11-12,14-15,21,29H,4-10,13,16H2,1-3H3. The summed E-state index contributed by atoms with van der Waals surface area (Å²) < 4.78 is 53.6. The molecule has 8 nitrogen and oxygen atoms in total. The third kappa shape index (κ3) is 8.76. The predicted molar refractivity (Wildman–Crippen MR) is 126 cm³/mol. The zero-order valence-corrected chi connectivity index (χ0v) is 20.8. The maximum absolute atomic E-state index is 13.0. The molecule has 1 aliphatic heterocycles. The Bertz CT molecular complexity index is 975. The normalized spacial score (nSPS) is 16.0. The number of unbranched alkanes of at least 4 members (excludes halogenated alkanes) is 7. The lowest BCUT2D eigenvalue weighted by Crippen LogP contribution is -2.30. The zero-order chi connectivity index (χ0) is 26.7. The van der Waals surface area contributed by atoms with Crippen LogP contribution in [0.2, 0.25) is 0 Å². The molecule has 1 atom stereocenters. The van der Waals surface area contributed by atoms with Crippen molar-refractivity contribution in [1.82, 2.24) is 5.32 Å². The summed E-state index contributed by atoms with van der Waals surface area (Å²) in [6.45, 7) is 5.17. The number of ether oxygens (including phenoxy) is 3. The minimum absolute atomic E-state index is 0.100. The molecule has 0 spiro atoms. The smallest absolute Gasteiger partial charge is 0.434 e. The molecule has 0 saturated heterocycles. The molecule has 0 amide bonds. The summed E-state index contributed by atoms with van der Waals surface area (Å²) in [4.78, 5) is 23.6. The summed E-state index contributed by atoms with van der Waals surface area (Å²) in [6.07, 6.45) is 2.31. The van der Waals surface area contributed by atoms with E-state index in [0.29, 0.717) is 6.42 Å². The second kappa shape index (κ2) is 13.7. The van der Waals surface area contributed by atoms with Crippen molar-refractivity contribution in [3.8, 4) is 5.75 Å². The van der Waals surface area contributed by atoms with Crippen molar-refractivity contribution in [2.75, 3.05) is 6.61 Å². The Labute approximate surface area is 208 Å². The van der Waals surface area contributed by atoms with Gasteiger partial charge in [0, 0.05) is 5.56 Å². The fraction of sp³-hybridized carbons (Fsp3) is 0.560. The van der Waals surface area contributed by atoms with E-state index in [1.165, 1.54) is 57.7 Å². The van der Waals surface area contributed by atoms with Gasteiger partial charge in [-0.3, -0.25) is 10.1 Å². The fourth-order valence-corrected chi connectivity index (χ4v) is 4.08. The number of nitrogens with zero attached hydrogens (tertiary/aromatic N) is 1. The van der Waals surface area contributed by atoms with Crippen LogP contribution in [0, 0.1) is 10.1 Å². The first kappa shape index (κ1) is 29.0. The summed E-state index contributed by atoms with van der Waals surface area (Å²) >= 11 is 0. The number of hydrogen-bond acceptors (Lipinski definition) is 7. The molecule has 1 aliphatic rings. The number of carbonyl (C=O) groups is 1. The van der Waals surface area contributed by atoms with Gasteiger partial charge in [0.05, 0.1) is 22.9 Å². The van der Waals surface area contributed by atoms with Crippen LogP contribution in [0.25, 0.3) is 0 Å². The quantitative estimate of drug-likeness (QED) is 0.128. The Morgan fingerprint density at radius 3 is 2.25 bits per heavy atom. The number of allylic oxidation sites excluding steroid dienone is 2. The summed E-state index contributed by atoms with van der Waals surface area (Å²) in [5.74, 6) is -2.30. The predicted octanol–water partition coefficient (Wildman–Crippen LogP) is 7.31. The van der Waals surface area contributed by atoms with Crippen LogP contribution in [0.1, 0.15) is 83.6 Å². The molecule has 1 heterocycles. The van der Waals surface area contributed by atoms with Gasteiger partial charge in [0.25, 0.3) is 5.70 Å². The van der Waals surface area contributed by atoms with E-state index in [4.69, 9.17) is 9.47 Å². The van der Waals surface area contributed by atoms with Crippen LogP contribution < -0.4 is 10.1 Å². The average molecular weight is 515 g/mol. The number of hydrogen-bond donors (Lipinski definition) is 1. The van der Waals surface area contributed by atoms with E-state index < -0.39 is 34.8 Å². The summed E-state index contributed by atoms with van der Waals surface area (Å²) in [5, 5.41) is 14.6. The molecule has 0 bridgehead atoms. The minimum atomic E-state index is -5.02. The monoisotopic (exact) mass is 514 g/mol. The minimum Gasteiger partial charge on any atom is -0.434 e. The maximum Gasteiger partial charge on any atom is 0.573 e. The van der Waals surface area contributed by atoms with E-state index in [1.807, 2.05) is 0 Å². The van der Waals surface area contributed by atoms with Crippen LogP contribution in [0.5, 0.6) is 5.75 Å². The van der Waals surface area contributed by atoms with Crippen molar-refractivity contribution in [3.63, 3.8) is 0 Å². The molecule has 1 N–H and O–H groups in total. The molecule has 0 radical (unpaired) electrons. The van der Waals surface area contributed by atoms with Crippen LogP contribution in [0.3, 0.4) is 0 Å². The SMILES string of the molecule is CCCCCCCCCCOC(=O)OC1=C(C)NC(C)=C([N+](=O)[O-])C1c1ccccc1OC(F)(F)F. The van der Waals surface area contributed by atoms with Gasteiger partial charge in [0.2, 0.25) is 0 Å². The summed E-state index contributed by atoms with van der Waals surface area (Å²) in [6, 6.07) is 5.03. The second-order valence-electron chi connectivity index (χ2n) is 8.58. The second-order valence-corrected chi connectivity index (χ2v) is 8.58. The van der Waals surface area contributed by atoms with Crippen molar-refractivity contribution < 1.29 is 37.1 Å². The molecule has 0 aliphatic carbocycles. The van der Waals surface area contributed by atoms with Crippen molar-refractivity contribution in [2.24, 2.45) is 0 Å². The Morgan fingerprint density at radius 1 is 1.03 bits per heavy atom. The van der Waals surface area contributed by atoms with Crippen LogP contribution >= 0.6 is 0 Å². The number of dihydropyridines is 1. The van der Waals surface area contributed by atoms with Crippen LogP contribution in [-0.2, 0) is 9.47 Å². The Morgan fingerprint density at radius 2 is 1.64 bits per heavy atom. The Kier molecular flexibility index (Phi) is 11.1. The van der Waals surface area contributed by atoms with Gasteiger partial charge in [0.15, 0.2) is 0 Å². The molecular formula is C25H33F3N2O6. The lowest BCUT2D eigenvalue weighted by molar-refractivity contribution is -0.431. The molecule has 1 unspecified atom stereocenters. The van der Waals surface area contributed by atoms with Crippen molar-refractivity contribution in [3.05, 3.63) is 62.8 Å². The Balaban J connectivity index is 2.14. The topological polar surface area (TPSA) is 99.9 Å². The molecule has 36 heavy (non-hydrogen) atoms. The van der Waals surface area contributed by atoms with Gasteiger partial charge < -0.3 is 19.5 Å². The average Bonchev–Trinajstić information content (AvgIpc) is 2.78. The van der Waals surface area contributed by atoms with E-state index in [9.17, 15) is 28.1 Å². The number of para-hydroxylation sites is 1. The maximum atomic E-state index is 13.0. The van der Waals surface area contributed by atoms with E-state index in [-0.39, 0.29) is 29.3 Å². The van der Waals surface area contributed by atoms with E-state index in [1.54, 1.807) is 0 Å². The van der Waals surface area contributed by atoms with Crippen molar-refractivity contribution >= 4 is 6.16 Å². The number of carbonyl (C=O) groups excluding carboxylic acids is 1. The van der Waals surface area contributed by atoms with Crippen LogP contribution in [0.4, 0.5) is 18.0 Å². The highest BCUT2D eigenvalue weighted by atomic mass is 19.4. The first-order chi connectivity index (χ1) is 17.0. The van der Waals surface area contributed by atoms with Gasteiger partial charge in [-0.25, -0.2) is 4.79 Å². The molecule has 1 aromatic carbocycles. The first-order valence-corrected chi connectivity index (χ1v) is 12.1. The fourth-order valence-electron chi connectivity index (χ4n) is 4.08. The van der Waals surface area contributed by atoms with Gasteiger partial charge in [-0.05, 0) is 26.3 Å². The van der Waals surface area contributed by atoms with Gasteiger partial charge in [-0.15, -0.1) is 13.2 Å². The molecular weight excluding hydrogens is 481 g/mol. The van der Waals surface area contributed by atoms with Gasteiger partial charge in [-0.2, -0.15) is 0 Å². The molecule has 0 aromatic heterocycles. The van der Waals surface area contributed by atoms with Crippen molar-refractivity contribution in [1.29, 1.82) is 0 Å². The number of benzene rings is 1. The molecule has 200 valence electrons. The largest absolute Gasteiger partial charge is 0.573 e. The van der Waals surface area contributed by atoms with Crippen LogP contribution in [0.15, 0.2) is 47.1 Å². The van der Waals surface area contributed by atoms with E-state index in [0.717, 1.165) is 25.3 Å². The number of nitro groups is 1. The van der Waals surface area contributed by atoms with Gasteiger partial charge >= 0.3 is 12.5 Å². The molecule has 11 heteroatoms. The number of halogens is 3. The lowest BCUT2D eigenvalue weighted by atomic mass is 9.89. The first-order valence-electron chi connectivity index (χ1n) is 12.1. The molecule has 1 aromatic rings. The van der Waals surface area contributed by atoms with Crippen LogP contribution in [-0.4, -0.2) is 24.0 Å². The van der Waals surface area contributed by atoms with Gasteiger partial charge in [-0.1, -0.05) is 70.1 Å². The number of alkyl halides is 3. The summed E-state index contributed by atoms with van der Waals surface area (Å²) in [5.41, 5.74) is -0.310. The molecule has 2 rings (SSSR count). The molecule has 0 saturated carbocycles. The molecule has 0 fully saturated rings. The lowest BCUT2D eigenvalue weighted by Gasteiger charge is -2.27. The summed E-state index contributed by atoms with van der Waals surface area (Å²) in [7, 11) is 0.